The van der Waals surface area contributed by atoms with Crippen LogP contribution in [0.4, 0.5) is 5.69 Å². The number of allylic oxidation sites excluding steroid dienone is 1. The number of hydrogen-bond donors (Lipinski definition) is 2. The van der Waals surface area contributed by atoms with Gasteiger partial charge in [0.1, 0.15) is 0 Å². The molecule has 156 valence electrons. The Bertz CT molecular complexity index is 1040. The molecule has 0 fully saturated rings. The minimum atomic E-state index is -0.867. The molecule has 2 N–H and O–H groups in total. The summed E-state index contributed by atoms with van der Waals surface area (Å²) < 4.78 is 0. The van der Waals surface area contributed by atoms with Crippen molar-refractivity contribution in [1.82, 2.24) is 5.32 Å². The number of thiophene rings is 1. The fraction of sp³-hybridized carbons (Fsp3) is 0.240. The molecule has 0 aliphatic heterocycles. The first kappa shape index (κ1) is 22.3. The molecular weight excluding hydrogens is 412 g/mol. The Hall–Kier alpha value is -2.40. The Labute approximate surface area is 187 Å². The molecule has 3 rings (SSSR count). The second kappa shape index (κ2) is 9.17. The second-order valence-electron chi connectivity index (χ2n) is 7.86. The van der Waals surface area contributed by atoms with Crippen molar-refractivity contribution in [2.75, 3.05) is 0 Å². The molecule has 0 spiro atoms. The monoisotopic (exact) mass is 438 g/mol. The largest absolute Gasteiger partial charge is 0.386 e. The SMILES string of the molecule is C=Nc1ccc(-c2ccc(C(C)(C)O)cc2)cc1/C(NC(C)c1ccsc1)=C(\C)Cl. The highest BCUT2D eigenvalue weighted by molar-refractivity contribution is 7.08. The molecule has 0 aliphatic carbocycles. The lowest BCUT2D eigenvalue weighted by molar-refractivity contribution is 0.0786. The van der Waals surface area contributed by atoms with Gasteiger partial charge in [-0.3, -0.25) is 4.99 Å². The lowest BCUT2D eigenvalue weighted by atomic mass is 9.94. The highest BCUT2D eigenvalue weighted by Gasteiger charge is 2.17. The third-order valence-corrected chi connectivity index (χ3v) is 6.00. The van der Waals surface area contributed by atoms with E-state index in [-0.39, 0.29) is 6.04 Å². The summed E-state index contributed by atoms with van der Waals surface area (Å²) in [5, 5.41) is 18.6. The van der Waals surface area contributed by atoms with Crippen molar-refractivity contribution < 1.29 is 5.11 Å². The van der Waals surface area contributed by atoms with Gasteiger partial charge in [0.2, 0.25) is 0 Å². The van der Waals surface area contributed by atoms with Crippen LogP contribution in [0.1, 0.15) is 50.4 Å². The zero-order valence-corrected chi connectivity index (χ0v) is 19.3. The molecule has 1 unspecified atom stereocenters. The Morgan fingerprint density at radius 3 is 2.33 bits per heavy atom. The van der Waals surface area contributed by atoms with E-state index in [1.165, 1.54) is 5.56 Å². The van der Waals surface area contributed by atoms with E-state index < -0.39 is 5.60 Å². The molecule has 5 heteroatoms. The van der Waals surface area contributed by atoms with Gasteiger partial charge in [-0.1, -0.05) is 41.9 Å². The maximum absolute atomic E-state index is 10.2. The van der Waals surface area contributed by atoms with E-state index in [0.717, 1.165) is 33.6 Å². The zero-order valence-electron chi connectivity index (χ0n) is 17.7. The average molecular weight is 439 g/mol. The lowest BCUT2D eigenvalue weighted by Crippen LogP contribution is -2.17. The van der Waals surface area contributed by atoms with Crippen LogP contribution < -0.4 is 5.32 Å². The van der Waals surface area contributed by atoms with Crippen molar-refractivity contribution in [3.63, 3.8) is 0 Å². The number of aliphatic hydroxyl groups is 1. The van der Waals surface area contributed by atoms with Crippen LogP contribution in [0.15, 0.2) is 69.3 Å². The van der Waals surface area contributed by atoms with Crippen molar-refractivity contribution in [2.45, 2.75) is 39.3 Å². The fourth-order valence-electron chi connectivity index (χ4n) is 3.31. The molecule has 2 aromatic carbocycles. The number of hydrogen-bond acceptors (Lipinski definition) is 4. The zero-order chi connectivity index (χ0) is 21.9. The molecule has 0 radical (unpaired) electrons. The van der Waals surface area contributed by atoms with Gasteiger partial charge in [0, 0.05) is 16.6 Å². The number of halogens is 1. The third-order valence-electron chi connectivity index (χ3n) is 5.11. The van der Waals surface area contributed by atoms with Crippen molar-refractivity contribution in [3.8, 4) is 11.1 Å². The molecule has 3 aromatic rings. The van der Waals surface area contributed by atoms with E-state index in [0.29, 0.717) is 5.03 Å². The summed E-state index contributed by atoms with van der Waals surface area (Å²) in [4.78, 5) is 4.21. The van der Waals surface area contributed by atoms with Crippen LogP contribution in [0.5, 0.6) is 0 Å². The van der Waals surface area contributed by atoms with Gasteiger partial charge >= 0.3 is 0 Å². The summed E-state index contributed by atoms with van der Waals surface area (Å²) in [5.41, 5.74) is 5.83. The number of nitrogens with zero attached hydrogens (tertiary/aromatic N) is 1. The van der Waals surface area contributed by atoms with Gasteiger partial charge in [0.05, 0.1) is 17.0 Å². The van der Waals surface area contributed by atoms with Crippen LogP contribution in [0.2, 0.25) is 0 Å². The van der Waals surface area contributed by atoms with Gasteiger partial charge in [0.15, 0.2) is 0 Å². The maximum Gasteiger partial charge on any atom is 0.0840 e. The summed E-state index contributed by atoms with van der Waals surface area (Å²) >= 11 is 8.19. The van der Waals surface area contributed by atoms with Crippen LogP contribution in [-0.4, -0.2) is 11.8 Å². The highest BCUT2D eigenvalue weighted by Crippen LogP contribution is 2.34. The molecule has 0 saturated carbocycles. The molecule has 0 amide bonds. The van der Waals surface area contributed by atoms with E-state index >= 15 is 0 Å². The topological polar surface area (TPSA) is 44.6 Å². The van der Waals surface area contributed by atoms with Gasteiger partial charge < -0.3 is 10.4 Å². The van der Waals surface area contributed by atoms with Crippen molar-refractivity contribution >= 4 is 41.0 Å². The van der Waals surface area contributed by atoms with Crippen LogP contribution in [-0.2, 0) is 5.60 Å². The predicted molar refractivity (Wildman–Crippen MR) is 131 cm³/mol. The molecule has 0 saturated heterocycles. The lowest BCUT2D eigenvalue weighted by Gasteiger charge is -2.21. The molecule has 0 bridgehead atoms. The smallest absolute Gasteiger partial charge is 0.0840 e. The standard InChI is InChI=1S/C25H27ClN2OS/c1-16(26)24(28-17(2)20-12-13-30-15-20)22-14-19(8-11-23(22)27-5)18-6-9-21(10-7-18)25(3,4)29/h6-15,17,28-29H,5H2,1-4H3/b24-16-. The first-order chi connectivity index (χ1) is 14.2. The number of rotatable bonds is 7. The average Bonchev–Trinajstić information content (AvgIpc) is 3.25. The summed E-state index contributed by atoms with van der Waals surface area (Å²) in [7, 11) is 0. The van der Waals surface area contributed by atoms with E-state index in [9.17, 15) is 5.11 Å². The van der Waals surface area contributed by atoms with Crippen LogP contribution >= 0.6 is 22.9 Å². The molecule has 1 atom stereocenters. The predicted octanol–water partition coefficient (Wildman–Crippen LogP) is 7.25. The normalized spacial score (nSPS) is 13.5. The van der Waals surface area contributed by atoms with Gasteiger partial charge in [-0.15, -0.1) is 0 Å². The first-order valence-corrected chi connectivity index (χ1v) is 11.1. The van der Waals surface area contributed by atoms with Gasteiger partial charge in [0.25, 0.3) is 0 Å². The maximum atomic E-state index is 10.2. The van der Waals surface area contributed by atoms with Crippen LogP contribution in [0, 0.1) is 0 Å². The number of aliphatic imine (C=N–C) groups is 1. The molecular formula is C25H27ClN2OS. The first-order valence-electron chi connectivity index (χ1n) is 9.80. The summed E-state index contributed by atoms with van der Waals surface area (Å²) in [6, 6.07) is 16.2. The quantitative estimate of drug-likeness (QED) is 0.381. The molecule has 30 heavy (non-hydrogen) atoms. The van der Waals surface area contributed by atoms with E-state index in [4.69, 9.17) is 11.6 Å². The Morgan fingerprint density at radius 1 is 1.13 bits per heavy atom. The third kappa shape index (κ3) is 5.01. The van der Waals surface area contributed by atoms with Gasteiger partial charge in [-0.05, 0) is 85.6 Å². The minimum Gasteiger partial charge on any atom is -0.386 e. The van der Waals surface area contributed by atoms with Crippen LogP contribution in [0.25, 0.3) is 16.8 Å². The van der Waals surface area contributed by atoms with E-state index in [1.54, 1.807) is 25.2 Å². The molecule has 1 aromatic heterocycles. The fourth-order valence-corrected chi connectivity index (χ4v) is 4.22. The number of nitrogens with one attached hydrogen (secondary N) is 1. The number of benzene rings is 2. The van der Waals surface area contributed by atoms with Crippen molar-refractivity contribution in [3.05, 3.63) is 81.0 Å². The Kier molecular flexibility index (Phi) is 6.81. The molecule has 1 heterocycles. The summed E-state index contributed by atoms with van der Waals surface area (Å²) in [6.45, 7) is 11.3. The second-order valence-corrected chi connectivity index (χ2v) is 9.20. The summed E-state index contributed by atoms with van der Waals surface area (Å²) in [5.74, 6) is 0. The van der Waals surface area contributed by atoms with Gasteiger partial charge in [-0.25, -0.2) is 0 Å². The van der Waals surface area contributed by atoms with Crippen LogP contribution in [0.3, 0.4) is 0 Å². The Balaban J connectivity index is 2.01. The van der Waals surface area contributed by atoms with Crippen molar-refractivity contribution in [2.24, 2.45) is 4.99 Å². The minimum absolute atomic E-state index is 0.104. The van der Waals surface area contributed by atoms with E-state index in [1.807, 2.05) is 43.3 Å². The Morgan fingerprint density at radius 2 is 1.80 bits per heavy atom. The molecule has 0 aliphatic rings. The van der Waals surface area contributed by atoms with Crippen molar-refractivity contribution in [1.29, 1.82) is 0 Å². The summed E-state index contributed by atoms with van der Waals surface area (Å²) in [6.07, 6.45) is 0. The molecule has 3 nitrogen and oxygen atoms in total. The van der Waals surface area contributed by atoms with Gasteiger partial charge in [-0.2, -0.15) is 11.3 Å². The highest BCUT2D eigenvalue weighted by atomic mass is 35.5. The van der Waals surface area contributed by atoms with E-state index in [2.05, 4.69) is 46.8 Å².